The molecule has 2 amide bonds. The highest BCUT2D eigenvalue weighted by molar-refractivity contribution is 5.70. The molecule has 0 aromatic rings. The van der Waals surface area contributed by atoms with Gasteiger partial charge in [-0.1, -0.05) is 0 Å². The number of hydrogen-bond acceptors (Lipinski definition) is 8. The Balaban J connectivity index is 0.000000360. The Labute approximate surface area is 215 Å². The van der Waals surface area contributed by atoms with Crippen molar-refractivity contribution in [1.82, 2.24) is 9.80 Å². The number of methoxy groups -OCH3 is 2. The lowest BCUT2D eigenvalue weighted by molar-refractivity contribution is -0.143. The van der Waals surface area contributed by atoms with Crippen LogP contribution in [0, 0.1) is 11.8 Å². The molecule has 10 nitrogen and oxygen atoms in total. The number of amides is 2. The van der Waals surface area contributed by atoms with Gasteiger partial charge in [0, 0.05) is 39.0 Å². The first-order chi connectivity index (χ1) is 16.6. The summed E-state index contributed by atoms with van der Waals surface area (Å²) in [6, 6.07) is 0. The van der Waals surface area contributed by atoms with E-state index >= 15 is 0 Å². The van der Waals surface area contributed by atoms with Crippen molar-refractivity contribution in [3.05, 3.63) is 0 Å². The Morgan fingerprint density at radius 1 is 0.611 bits per heavy atom. The van der Waals surface area contributed by atoms with Crippen molar-refractivity contribution in [2.75, 3.05) is 40.4 Å². The SMILES string of the molecule is COC(=O)CC1CCN(C(=O)OC(C)(C)C)CC1.COC(=O)CC1CCN(C(=O)OC(C)(C)C)CC1. The molecule has 0 saturated carbocycles. The third-order valence-corrected chi connectivity index (χ3v) is 5.90. The maximum atomic E-state index is 11.8. The van der Waals surface area contributed by atoms with Gasteiger partial charge < -0.3 is 28.7 Å². The molecule has 0 N–H and O–H groups in total. The van der Waals surface area contributed by atoms with Gasteiger partial charge in [0.05, 0.1) is 14.2 Å². The topological polar surface area (TPSA) is 112 Å². The molecule has 2 heterocycles. The van der Waals surface area contributed by atoms with Gasteiger partial charge >= 0.3 is 24.1 Å². The largest absolute Gasteiger partial charge is 0.469 e. The van der Waals surface area contributed by atoms with Crippen molar-refractivity contribution in [2.45, 2.75) is 91.3 Å². The number of ether oxygens (including phenoxy) is 4. The van der Waals surface area contributed by atoms with E-state index in [-0.39, 0.29) is 24.1 Å². The Morgan fingerprint density at radius 2 is 0.889 bits per heavy atom. The summed E-state index contributed by atoms with van der Waals surface area (Å²) in [4.78, 5) is 49.3. The van der Waals surface area contributed by atoms with Gasteiger partial charge in [0.15, 0.2) is 0 Å². The monoisotopic (exact) mass is 514 g/mol. The van der Waals surface area contributed by atoms with E-state index in [4.69, 9.17) is 9.47 Å². The second kappa shape index (κ2) is 14.3. The first-order valence-electron chi connectivity index (χ1n) is 12.7. The molecule has 0 unspecified atom stereocenters. The second-order valence-corrected chi connectivity index (χ2v) is 11.4. The second-order valence-electron chi connectivity index (χ2n) is 11.4. The third kappa shape index (κ3) is 13.0. The van der Waals surface area contributed by atoms with Crippen LogP contribution in [0.1, 0.15) is 80.1 Å². The number of hydrogen-bond donors (Lipinski definition) is 0. The van der Waals surface area contributed by atoms with E-state index in [0.717, 1.165) is 25.7 Å². The minimum Gasteiger partial charge on any atom is -0.469 e. The van der Waals surface area contributed by atoms with Crippen molar-refractivity contribution in [2.24, 2.45) is 11.8 Å². The molecule has 0 bridgehead atoms. The summed E-state index contributed by atoms with van der Waals surface area (Å²) in [5.74, 6) is 0.281. The fourth-order valence-corrected chi connectivity index (χ4v) is 3.93. The average molecular weight is 515 g/mol. The maximum absolute atomic E-state index is 11.8. The lowest BCUT2D eigenvalue weighted by Gasteiger charge is -2.33. The fraction of sp³-hybridized carbons (Fsp3) is 0.846. The normalized spacial score (nSPS) is 17.4. The lowest BCUT2D eigenvalue weighted by Crippen LogP contribution is -2.42. The van der Waals surface area contributed by atoms with Crippen LogP contribution >= 0.6 is 0 Å². The zero-order chi connectivity index (χ0) is 27.5. The number of piperidine rings is 2. The molecule has 2 aliphatic heterocycles. The molecule has 0 spiro atoms. The van der Waals surface area contributed by atoms with Gasteiger partial charge in [0.1, 0.15) is 11.2 Å². The molecule has 0 radical (unpaired) electrons. The van der Waals surface area contributed by atoms with Gasteiger partial charge in [-0.05, 0) is 79.1 Å². The molecule has 10 heteroatoms. The van der Waals surface area contributed by atoms with Gasteiger partial charge in [0.25, 0.3) is 0 Å². The summed E-state index contributed by atoms with van der Waals surface area (Å²) in [6.07, 6.45) is 3.67. The molecule has 208 valence electrons. The average Bonchev–Trinajstić information content (AvgIpc) is 2.78. The number of esters is 2. The van der Waals surface area contributed by atoms with Crippen LogP contribution in [0.15, 0.2) is 0 Å². The Hall–Kier alpha value is -2.52. The summed E-state index contributed by atoms with van der Waals surface area (Å²) >= 11 is 0. The molecule has 2 fully saturated rings. The first-order valence-corrected chi connectivity index (χ1v) is 12.7. The van der Waals surface area contributed by atoms with Crippen LogP contribution in [-0.2, 0) is 28.5 Å². The van der Waals surface area contributed by atoms with E-state index in [1.54, 1.807) is 9.80 Å². The van der Waals surface area contributed by atoms with Crippen molar-refractivity contribution in [1.29, 1.82) is 0 Å². The van der Waals surface area contributed by atoms with E-state index in [1.165, 1.54) is 14.2 Å². The predicted molar refractivity (Wildman–Crippen MR) is 134 cm³/mol. The minimum atomic E-state index is -0.458. The molecule has 36 heavy (non-hydrogen) atoms. The lowest BCUT2D eigenvalue weighted by atomic mass is 9.94. The van der Waals surface area contributed by atoms with Crippen LogP contribution in [0.25, 0.3) is 0 Å². The van der Waals surface area contributed by atoms with Crippen molar-refractivity contribution < 1.29 is 38.1 Å². The zero-order valence-corrected chi connectivity index (χ0v) is 23.4. The van der Waals surface area contributed by atoms with Gasteiger partial charge in [-0.15, -0.1) is 0 Å². The third-order valence-electron chi connectivity index (χ3n) is 5.90. The van der Waals surface area contributed by atoms with Crippen LogP contribution in [0.5, 0.6) is 0 Å². The molecule has 0 aromatic heterocycles. The molecule has 2 saturated heterocycles. The summed E-state index contributed by atoms with van der Waals surface area (Å²) in [5.41, 5.74) is -0.917. The summed E-state index contributed by atoms with van der Waals surface area (Å²) in [6.45, 7) is 13.7. The van der Waals surface area contributed by atoms with Crippen LogP contribution in [0.3, 0.4) is 0 Å². The maximum Gasteiger partial charge on any atom is 0.410 e. The van der Waals surface area contributed by atoms with E-state index in [1.807, 2.05) is 41.5 Å². The quantitative estimate of drug-likeness (QED) is 0.401. The standard InChI is InChI=1S/2C13H23NO4/c2*1-13(2,3)18-12(16)14-7-5-10(6-8-14)9-11(15)17-4/h2*10H,5-9H2,1-4H3. The molecule has 0 aromatic carbocycles. The zero-order valence-electron chi connectivity index (χ0n) is 23.4. The predicted octanol–water partition coefficient (Wildman–Crippen LogP) is 4.39. The van der Waals surface area contributed by atoms with Crippen LogP contribution < -0.4 is 0 Å². The summed E-state index contributed by atoms with van der Waals surface area (Å²) in [7, 11) is 2.80. The number of carbonyl (C=O) groups is 4. The number of carbonyl (C=O) groups excluding carboxylic acids is 4. The summed E-state index contributed by atoms with van der Waals surface area (Å²) in [5, 5.41) is 0. The number of rotatable bonds is 4. The van der Waals surface area contributed by atoms with Crippen molar-refractivity contribution >= 4 is 24.1 Å². The molecule has 0 aliphatic carbocycles. The van der Waals surface area contributed by atoms with Crippen LogP contribution in [-0.4, -0.2) is 85.5 Å². The van der Waals surface area contributed by atoms with E-state index in [2.05, 4.69) is 9.47 Å². The Morgan fingerprint density at radius 3 is 1.11 bits per heavy atom. The number of nitrogens with zero attached hydrogens (tertiary/aromatic N) is 2. The smallest absolute Gasteiger partial charge is 0.410 e. The van der Waals surface area contributed by atoms with E-state index < -0.39 is 11.2 Å². The van der Waals surface area contributed by atoms with Gasteiger partial charge in [-0.2, -0.15) is 0 Å². The number of likely N-dealkylation sites (tertiary alicyclic amines) is 2. The highest BCUT2D eigenvalue weighted by atomic mass is 16.6. The van der Waals surface area contributed by atoms with Crippen molar-refractivity contribution in [3.8, 4) is 0 Å². The molecular formula is C26H46N2O8. The molecule has 0 atom stereocenters. The first kappa shape index (κ1) is 31.5. The highest BCUT2D eigenvalue weighted by Gasteiger charge is 2.29. The molecular weight excluding hydrogens is 468 g/mol. The Bertz CT molecular complexity index is 663. The van der Waals surface area contributed by atoms with E-state index in [0.29, 0.717) is 50.9 Å². The van der Waals surface area contributed by atoms with Gasteiger partial charge in [0.2, 0.25) is 0 Å². The fourth-order valence-electron chi connectivity index (χ4n) is 3.93. The Kier molecular flexibility index (Phi) is 12.5. The minimum absolute atomic E-state index is 0.175. The van der Waals surface area contributed by atoms with Crippen molar-refractivity contribution in [3.63, 3.8) is 0 Å². The van der Waals surface area contributed by atoms with Gasteiger partial charge in [-0.3, -0.25) is 9.59 Å². The highest BCUT2D eigenvalue weighted by Crippen LogP contribution is 2.23. The van der Waals surface area contributed by atoms with Crippen LogP contribution in [0.2, 0.25) is 0 Å². The van der Waals surface area contributed by atoms with Gasteiger partial charge in [-0.25, -0.2) is 9.59 Å². The van der Waals surface area contributed by atoms with Crippen LogP contribution in [0.4, 0.5) is 9.59 Å². The molecule has 2 aliphatic rings. The van der Waals surface area contributed by atoms with E-state index in [9.17, 15) is 19.2 Å². The summed E-state index contributed by atoms with van der Waals surface area (Å²) < 4.78 is 19.9. The molecule has 2 rings (SSSR count).